The molecule has 0 radical (unpaired) electrons. The minimum absolute atomic E-state index is 0.401. The van der Waals surface area contributed by atoms with Crippen LogP contribution in [-0.2, 0) is 0 Å². The Hall–Kier alpha value is 1.42. The highest BCUT2D eigenvalue weighted by Gasteiger charge is 2.47. The van der Waals surface area contributed by atoms with E-state index in [1.165, 1.54) is 32.4 Å². The van der Waals surface area contributed by atoms with Crippen LogP contribution in [0.5, 0.6) is 0 Å². The molecule has 0 aromatic heterocycles. The van der Waals surface area contributed by atoms with Gasteiger partial charge in [-0.05, 0) is 49.6 Å². The molecule has 0 aromatic carbocycles. The van der Waals surface area contributed by atoms with Gasteiger partial charge in [0.1, 0.15) is 0 Å². The fourth-order valence-corrected chi connectivity index (χ4v) is 5.47. The lowest BCUT2D eigenvalue weighted by atomic mass is 9.68. The SMILES string of the molecule is CC1CCNC[C@@H](C)CC(I)([C@@H](C)I)C(C)(C)C1. The van der Waals surface area contributed by atoms with Gasteiger partial charge in [-0.25, -0.2) is 0 Å². The van der Waals surface area contributed by atoms with E-state index in [-0.39, 0.29) is 0 Å². The van der Waals surface area contributed by atoms with Crippen molar-refractivity contribution < 1.29 is 0 Å². The minimum Gasteiger partial charge on any atom is -0.316 e. The summed E-state index contributed by atoms with van der Waals surface area (Å²) in [5.74, 6) is 1.59. The molecule has 0 bridgehead atoms. The van der Waals surface area contributed by atoms with E-state index in [1.54, 1.807) is 0 Å². The summed E-state index contributed by atoms with van der Waals surface area (Å²) in [4.78, 5) is 0. The summed E-state index contributed by atoms with van der Waals surface area (Å²) in [6, 6.07) is 0. The molecule has 1 saturated heterocycles. The predicted molar refractivity (Wildman–Crippen MR) is 99.1 cm³/mol. The number of rotatable bonds is 1. The smallest absolute Gasteiger partial charge is 0.0391 e. The molecule has 1 rings (SSSR count). The van der Waals surface area contributed by atoms with Gasteiger partial charge in [-0.1, -0.05) is 79.8 Å². The monoisotopic (exact) mass is 477 g/mol. The van der Waals surface area contributed by atoms with Crippen LogP contribution in [0.3, 0.4) is 0 Å². The van der Waals surface area contributed by atoms with Crippen LogP contribution >= 0.6 is 45.2 Å². The maximum atomic E-state index is 3.63. The second-order valence-corrected chi connectivity index (χ2v) is 10.8. The van der Waals surface area contributed by atoms with E-state index in [0.717, 1.165) is 11.8 Å². The van der Waals surface area contributed by atoms with Gasteiger partial charge < -0.3 is 5.32 Å². The summed E-state index contributed by atoms with van der Waals surface area (Å²) < 4.78 is 1.11. The Bertz CT molecular complexity index is 265. The molecule has 1 N–H and O–H groups in total. The standard InChI is InChI=1S/C15H29I2N/c1-11-6-7-18-10-12(2)9-15(17,13(3)16)14(4,5)8-11/h11-13,18H,6-10H2,1-5H3/t11?,12-,13+,15?/m0/s1. The Morgan fingerprint density at radius 1 is 1.17 bits per heavy atom. The van der Waals surface area contributed by atoms with Gasteiger partial charge in [0.15, 0.2) is 0 Å². The topological polar surface area (TPSA) is 12.0 Å². The van der Waals surface area contributed by atoms with Crippen LogP contribution in [0, 0.1) is 17.3 Å². The lowest BCUT2D eigenvalue weighted by molar-refractivity contribution is 0.173. The Kier molecular flexibility index (Phi) is 6.72. The molecule has 2 unspecified atom stereocenters. The molecule has 4 atom stereocenters. The van der Waals surface area contributed by atoms with Gasteiger partial charge in [0.25, 0.3) is 0 Å². The number of alkyl halides is 2. The van der Waals surface area contributed by atoms with Crippen LogP contribution in [0.1, 0.15) is 53.9 Å². The number of hydrogen-bond acceptors (Lipinski definition) is 1. The molecule has 0 amide bonds. The van der Waals surface area contributed by atoms with Crippen LogP contribution in [-0.4, -0.2) is 20.4 Å². The van der Waals surface area contributed by atoms with Crippen LogP contribution in [0.25, 0.3) is 0 Å². The van der Waals surface area contributed by atoms with Crippen molar-refractivity contribution in [3.05, 3.63) is 0 Å². The van der Waals surface area contributed by atoms with E-state index in [2.05, 4.69) is 85.1 Å². The third-order valence-corrected chi connectivity index (χ3v) is 9.66. The van der Waals surface area contributed by atoms with E-state index in [1.807, 2.05) is 0 Å². The van der Waals surface area contributed by atoms with Crippen molar-refractivity contribution in [1.82, 2.24) is 5.32 Å². The lowest BCUT2D eigenvalue weighted by Gasteiger charge is -2.48. The predicted octanol–water partition coefficient (Wildman–Crippen LogP) is 5.06. The number of nitrogens with one attached hydrogen (secondary N) is 1. The van der Waals surface area contributed by atoms with E-state index in [4.69, 9.17) is 0 Å². The zero-order chi connectivity index (χ0) is 14.0. The van der Waals surface area contributed by atoms with Crippen molar-refractivity contribution in [3.63, 3.8) is 0 Å². The maximum absolute atomic E-state index is 3.63. The van der Waals surface area contributed by atoms with Gasteiger partial charge in [-0.3, -0.25) is 0 Å². The van der Waals surface area contributed by atoms with E-state index < -0.39 is 0 Å². The van der Waals surface area contributed by atoms with E-state index in [0.29, 0.717) is 12.8 Å². The number of hydrogen-bond donors (Lipinski definition) is 1. The molecule has 1 fully saturated rings. The summed E-state index contributed by atoms with van der Waals surface area (Å²) in [6.45, 7) is 14.6. The second-order valence-electron chi connectivity index (χ2n) is 6.97. The fraction of sp³-hybridized carbons (Fsp3) is 1.00. The van der Waals surface area contributed by atoms with Crippen molar-refractivity contribution in [3.8, 4) is 0 Å². The summed E-state index contributed by atoms with van der Waals surface area (Å²) in [7, 11) is 0. The Balaban J connectivity index is 2.98. The Morgan fingerprint density at radius 3 is 2.33 bits per heavy atom. The van der Waals surface area contributed by atoms with Crippen LogP contribution < -0.4 is 5.32 Å². The van der Waals surface area contributed by atoms with Crippen LogP contribution in [0.2, 0.25) is 0 Å². The first-order valence-corrected chi connectivity index (χ1v) is 9.55. The van der Waals surface area contributed by atoms with Crippen molar-refractivity contribution in [1.29, 1.82) is 0 Å². The fourth-order valence-electron chi connectivity index (χ4n) is 3.40. The molecule has 0 saturated carbocycles. The zero-order valence-electron chi connectivity index (χ0n) is 12.5. The molecule has 3 heteroatoms. The molecule has 0 aromatic rings. The van der Waals surface area contributed by atoms with Crippen molar-refractivity contribution >= 4 is 45.2 Å². The Labute approximate surface area is 141 Å². The quantitative estimate of drug-likeness (QED) is 0.412. The molecule has 108 valence electrons. The van der Waals surface area contributed by atoms with Crippen LogP contribution in [0.15, 0.2) is 0 Å². The third-order valence-electron chi connectivity index (χ3n) is 4.57. The summed E-state index contributed by atoms with van der Waals surface area (Å²) in [5, 5.41) is 3.63. The van der Waals surface area contributed by atoms with Gasteiger partial charge in [0, 0.05) is 7.35 Å². The van der Waals surface area contributed by atoms with Gasteiger partial charge in [0.2, 0.25) is 0 Å². The minimum atomic E-state index is 0.401. The van der Waals surface area contributed by atoms with Gasteiger partial charge in [0.05, 0.1) is 0 Å². The summed E-state index contributed by atoms with van der Waals surface area (Å²) in [6.07, 6.45) is 3.99. The van der Waals surface area contributed by atoms with Gasteiger partial charge >= 0.3 is 0 Å². The molecule has 1 nitrogen and oxygen atoms in total. The van der Waals surface area contributed by atoms with Crippen molar-refractivity contribution in [2.45, 2.75) is 61.2 Å². The van der Waals surface area contributed by atoms with E-state index >= 15 is 0 Å². The molecule has 1 aliphatic heterocycles. The zero-order valence-corrected chi connectivity index (χ0v) is 16.8. The van der Waals surface area contributed by atoms with Gasteiger partial charge in [-0.15, -0.1) is 0 Å². The molecule has 18 heavy (non-hydrogen) atoms. The van der Waals surface area contributed by atoms with Crippen molar-refractivity contribution in [2.75, 3.05) is 13.1 Å². The molecule has 0 spiro atoms. The van der Waals surface area contributed by atoms with Crippen molar-refractivity contribution in [2.24, 2.45) is 17.3 Å². The van der Waals surface area contributed by atoms with Gasteiger partial charge in [-0.2, -0.15) is 0 Å². The molecular formula is C15H29I2N. The number of halogens is 2. The maximum Gasteiger partial charge on any atom is 0.0391 e. The summed E-state index contributed by atoms with van der Waals surface area (Å²) >= 11 is 5.43. The Morgan fingerprint density at radius 2 is 1.78 bits per heavy atom. The average Bonchev–Trinajstić information content (AvgIpc) is 2.22. The lowest BCUT2D eigenvalue weighted by Crippen LogP contribution is -2.48. The normalized spacial score (nSPS) is 40.2. The average molecular weight is 477 g/mol. The summed E-state index contributed by atoms with van der Waals surface area (Å²) in [5.41, 5.74) is 0.416. The second kappa shape index (κ2) is 6.92. The highest BCUT2D eigenvalue weighted by Crippen LogP contribution is 2.52. The first-order chi connectivity index (χ1) is 8.19. The highest BCUT2D eigenvalue weighted by atomic mass is 127. The molecule has 1 aliphatic rings. The molecule has 0 aliphatic carbocycles. The molecular weight excluding hydrogens is 448 g/mol. The van der Waals surface area contributed by atoms with E-state index in [9.17, 15) is 0 Å². The molecule has 1 heterocycles. The largest absolute Gasteiger partial charge is 0.316 e. The van der Waals surface area contributed by atoms with Crippen LogP contribution in [0.4, 0.5) is 0 Å². The first-order valence-electron chi connectivity index (χ1n) is 7.23. The third kappa shape index (κ3) is 4.21. The highest BCUT2D eigenvalue weighted by molar-refractivity contribution is 14.1. The first kappa shape index (κ1) is 17.5.